The van der Waals surface area contributed by atoms with Crippen LogP contribution >= 0.6 is 0 Å². The summed E-state index contributed by atoms with van der Waals surface area (Å²) in [6.07, 6.45) is 1.06. The molecule has 0 spiro atoms. The third-order valence-corrected chi connectivity index (χ3v) is 3.63. The summed E-state index contributed by atoms with van der Waals surface area (Å²) < 4.78 is 4.71. The van der Waals surface area contributed by atoms with Gasteiger partial charge in [-0.15, -0.1) is 0 Å². The zero-order valence-corrected chi connectivity index (χ0v) is 10.7. The summed E-state index contributed by atoms with van der Waals surface area (Å²) in [5.74, 6) is 0. The Morgan fingerprint density at radius 2 is 1.89 bits per heavy atom. The predicted octanol–water partition coefficient (Wildman–Crippen LogP) is 1.01. The molecular weight excluding hydrogens is 228 g/mol. The van der Waals surface area contributed by atoms with Crippen LogP contribution in [-0.2, 0) is 6.42 Å². The molecule has 5 heteroatoms. The highest BCUT2D eigenvalue weighted by molar-refractivity contribution is 5.73. The van der Waals surface area contributed by atoms with Gasteiger partial charge in [-0.2, -0.15) is 0 Å². The fraction of sp³-hybridized carbons (Fsp3) is 0.538. The molecule has 1 aromatic carbocycles. The predicted molar refractivity (Wildman–Crippen MR) is 69.4 cm³/mol. The molecule has 1 aromatic heterocycles. The fourth-order valence-electron chi connectivity index (χ4n) is 2.34. The van der Waals surface area contributed by atoms with E-state index in [1.54, 1.807) is 0 Å². The third kappa shape index (κ3) is 2.52. The fourth-order valence-corrected chi connectivity index (χ4v) is 2.34. The number of hydrogen-bond donors (Lipinski definition) is 0. The number of benzene rings is 1. The van der Waals surface area contributed by atoms with Gasteiger partial charge in [-0.1, -0.05) is 6.07 Å². The molecule has 96 valence electrons. The van der Waals surface area contributed by atoms with E-state index >= 15 is 0 Å². The minimum Gasteiger partial charge on any atom is -0.304 e. The zero-order valence-electron chi connectivity index (χ0n) is 10.7. The number of aromatic nitrogens is 2. The Bertz CT molecular complexity index is 516. The van der Waals surface area contributed by atoms with Crippen molar-refractivity contribution in [3.63, 3.8) is 0 Å². The minimum atomic E-state index is 0.832. The maximum Gasteiger partial charge on any atom is 0.135 e. The largest absolute Gasteiger partial charge is 0.304 e. The Labute approximate surface area is 106 Å². The van der Waals surface area contributed by atoms with Crippen LogP contribution in [0.4, 0.5) is 0 Å². The molecule has 0 saturated carbocycles. The summed E-state index contributed by atoms with van der Waals surface area (Å²) in [6.45, 7) is 5.80. The SMILES string of the molecule is CN1CCN(CCc2ccc3nonc3c2)CC1. The third-order valence-electron chi connectivity index (χ3n) is 3.63. The van der Waals surface area contributed by atoms with Crippen LogP contribution in [0.25, 0.3) is 11.0 Å². The van der Waals surface area contributed by atoms with E-state index in [1.807, 2.05) is 6.07 Å². The smallest absolute Gasteiger partial charge is 0.135 e. The van der Waals surface area contributed by atoms with Gasteiger partial charge in [0.2, 0.25) is 0 Å². The summed E-state index contributed by atoms with van der Waals surface area (Å²) in [5.41, 5.74) is 2.99. The number of nitrogens with zero attached hydrogens (tertiary/aromatic N) is 4. The van der Waals surface area contributed by atoms with Gasteiger partial charge in [0.05, 0.1) is 0 Å². The molecule has 0 aliphatic carbocycles. The average molecular weight is 246 g/mol. The lowest BCUT2D eigenvalue weighted by Gasteiger charge is -2.32. The summed E-state index contributed by atoms with van der Waals surface area (Å²) in [4.78, 5) is 4.90. The molecule has 1 aliphatic rings. The molecule has 0 atom stereocenters. The van der Waals surface area contributed by atoms with Gasteiger partial charge in [0.25, 0.3) is 0 Å². The Balaban J connectivity index is 1.59. The van der Waals surface area contributed by atoms with Crippen molar-refractivity contribution in [3.8, 4) is 0 Å². The number of hydrogen-bond acceptors (Lipinski definition) is 5. The highest BCUT2D eigenvalue weighted by Gasteiger charge is 2.13. The highest BCUT2D eigenvalue weighted by Crippen LogP contribution is 2.12. The Hall–Kier alpha value is -1.46. The van der Waals surface area contributed by atoms with Crippen molar-refractivity contribution < 1.29 is 4.63 Å². The van der Waals surface area contributed by atoms with Crippen molar-refractivity contribution in [3.05, 3.63) is 23.8 Å². The number of likely N-dealkylation sites (N-methyl/N-ethyl adjacent to an activating group) is 1. The molecule has 0 N–H and O–H groups in total. The molecule has 1 fully saturated rings. The molecule has 5 nitrogen and oxygen atoms in total. The van der Waals surface area contributed by atoms with E-state index in [9.17, 15) is 0 Å². The van der Waals surface area contributed by atoms with E-state index < -0.39 is 0 Å². The van der Waals surface area contributed by atoms with Crippen LogP contribution in [0.15, 0.2) is 22.8 Å². The van der Waals surface area contributed by atoms with Crippen molar-refractivity contribution in [2.75, 3.05) is 39.8 Å². The summed E-state index contributed by atoms with van der Waals surface area (Å²) in [5, 5.41) is 7.69. The first-order chi connectivity index (χ1) is 8.81. The lowest BCUT2D eigenvalue weighted by atomic mass is 10.1. The number of rotatable bonds is 3. The zero-order chi connectivity index (χ0) is 12.4. The molecule has 3 rings (SSSR count). The van der Waals surface area contributed by atoms with Crippen LogP contribution in [0.2, 0.25) is 0 Å². The van der Waals surface area contributed by atoms with Gasteiger partial charge < -0.3 is 9.80 Å². The van der Waals surface area contributed by atoms with Gasteiger partial charge in [0, 0.05) is 32.7 Å². The van der Waals surface area contributed by atoms with E-state index in [1.165, 1.54) is 31.7 Å². The second-order valence-electron chi connectivity index (χ2n) is 4.98. The van der Waals surface area contributed by atoms with Gasteiger partial charge in [0.15, 0.2) is 0 Å². The maximum absolute atomic E-state index is 4.71. The Morgan fingerprint density at radius 3 is 2.72 bits per heavy atom. The molecule has 0 amide bonds. The normalized spacial score (nSPS) is 18.5. The van der Waals surface area contributed by atoms with E-state index in [0.29, 0.717) is 0 Å². The van der Waals surface area contributed by atoms with Gasteiger partial charge in [-0.3, -0.25) is 0 Å². The molecule has 18 heavy (non-hydrogen) atoms. The number of fused-ring (bicyclic) bond motifs is 1. The van der Waals surface area contributed by atoms with Crippen LogP contribution in [-0.4, -0.2) is 59.9 Å². The molecule has 1 aliphatic heterocycles. The minimum absolute atomic E-state index is 0.832. The van der Waals surface area contributed by atoms with Gasteiger partial charge >= 0.3 is 0 Å². The Morgan fingerprint density at radius 1 is 1.11 bits per heavy atom. The quantitative estimate of drug-likeness (QED) is 0.809. The van der Waals surface area contributed by atoms with Crippen molar-refractivity contribution >= 4 is 11.0 Å². The molecule has 0 unspecified atom stereocenters. The van der Waals surface area contributed by atoms with Crippen molar-refractivity contribution in [2.24, 2.45) is 0 Å². The van der Waals surface area contributed by atoms with Crippen LogP contribution in [0.3, 0.4) is 0 Å². The molecule has 2 aromatic rings. The van der Waals surface area contributed by atoms with Gasteiger partial charge in [0.1, 0.15) is 11.0 Å². The summed E-state index contributed by atoms with van der Waals surface area (Å²) in [7, 11) is 2.18. The Kier molecular flexibility index (Phi) is 3.25. The van der Waals surface area contributed by atoms with E-state index in [0.717, 1.165) is 24.0 Å². The van der Waals surface area contributed by atoms with Crippen LogP contribution in [0, 0.1) is 0 Å². The second kappa shape index (κ2) is 5.04. The monoisotopic (exact) mass is 246 g/mol. The van der Waals surface area contributed by atoms with E-state index in [2.05, 4.69) is 39.3 Å². The van der Waals surface area contributed by atoms with E-state index in [-0.39, 0.29) is 0 Å². The molecular formula is C13H18N4O. The van der Waals surface area contributed by atoms with Crippen LogP contribution < -0.4 is 0 Å². The number of piperazine rings is 1. The van der Waals surface area contributed by atoms with Crippen LogP contribution in [0.1, 0.15) is 5.56 Å². The standard InChI is InChI=1S/C13H18N4O/c1-16-6-8-17(9-7-16)5-4-11-2-3-12-13(10-11)15-18-14-12/h2-3,10H,4-9H2,1H3. The first-order valence-electron chi connectivity index (χ1n) is 6.43. The molecule has 2 heterocycles. The second-order valence-corrected chi connectivity index (χ2v) is 4.98. The van der Waals surface area contributed by atoms with Crippen molar-refractivity contribution in [2.45, 2.75) is 6.42 Å². The van der Waals surface area contributed by atoms with Crippen LogP contribution in [0.5, 0.6) is 0 Å². The summed E-state index contributed by atoms with van der Waals surface area (Å²) in [6, 6.07) is 6.16. The highest BCUT2D eigenvalue weighted by atomic mass is 16.6. The van der Waals surface area contributed by atoms with Gasteiger partial charge in [-0.05, 0) is 41.5 Å². The molecule has 1 saturated heterocycles. The first-order valence-corrected chi connectivity index (χ1v) is 6.43. The molecule has 0 radical (unpaired) electrons. The lowest BCUT2D eigenvalue weighted by molar-refractivity contribution is 0.155. The average Bonchev–Trinajstić information content (AvgIpc) is 2.85. The lowest BCUT2D eigenvalue weighted by Crippen LogP contribution is -2.45. The topological polar surface area (TPSA) is 45.4 Å². The first kappa shape index (κ1) is 11.6. The van der Waals surface area contributed by atoms with Crippen molar-refractivity contribution in [1.82, 2.24) is 20.1 Å². The van der Waals surface area contributed by atoms with Crippen molar-refractivity contribution in [1.29, 1.82) is 0 Å². The van der Waals surface area contributed by atoms with Gasteiger partial charge in [-0.25, -0.2) is 4.63 Å². The maximum atomic E-state index is 4.71. The van der Waals surface area contributed by atoms with E-state index in [4.69, 9.17) is 4.63 Å². The summed E-state index contributed by atoms with van der Waals surface area (Å²) >= 11 is 0. The molecule has 0 bridgehead atoms.